The molecule has 0 fully saturated rings. The molecular weight excluding hydrogens is 307 g/mol. The molecule has 0 amide bonds. The molecule has 5 heteroatoms. The number of carbonyl (C=O) groups is 1. The van der Waals surface area contributed by atoms with Crippen LogP contribution in [0.25, 0.3) is 5.76 Å². The van der Waals surface area contributed by atoms with Crippen LogP contribution in [0.4, 0.5) is 0 Å². The Balaban J connectivity index is 0.00000441. The first-order valence-corrected chi connectivity index (χ1v) is 7.20. The van der Waals surface area contributed by atoms with Gasteiger partial charge in [0.15, 0.2) is 0 Å². The Morgan fingerprint density at radius 1 is 1.45 bits per heavy atom. The molecule has 0 heterocycles. The molecule has 22 heavy (non-hydrogen) atoms. The summed E-state index contributed by atoms with van der Waals surface area (Å²) in [5.41, 5.74) is 1.12. The molecule has 1 atom stereocenters. The van der Waals surface area contributed by atoms with E-state index in [1.807, 2.05) is 20.8 Å². The maximum absolute atomic E-state index is 11.8. The van der Waals surface area contributed by atoms with Crippen molar-refractivity contribution in [2.24, 2.45) is 11.8 Å². The molecule has 0 saturated carbocycles. The van der Waals surface area contributed by atoms with Crippen molar-refractivity contribution in [1.82, 2.24) is 0 Å². The summed E-state index contributed by atoms with van der Waals surface area (Å²) in [5, 5.41) is 21.5. The Labute approximate surface area is 175 Å². The molecule has 1 aromatic carbocycles. The number of benzene rings is 1. The molecule has 1 aromatic rings. The van der Waals surface area contributed by atoms with Crippen molar-refractivity contribution in [3.8, 4) is 11.5 Å². The molecule has 0 aromatic heterocycles. The molecule has 0 aliphatic heterocycles. The fourth-order valence-electron chi connectivity index (χ4n) is 1.96. The van der Waals surface area contributed by atoms with E-state index in [-0.39, 0.29) is 81.3 Å². The molecule has 0 spiro atoms. The Morgan fingerprint density at radius 2 is 2.09 bits per heavy atom. The monoisotopic (exact) mass is 330 g/mol. The van der Waals surface area contributed by atoms with Crippen LogP contribution in [0.1, 0.15) is 38.3 Å². The smallest absolute Gasteiger partial charge is 0.870 e. The number of rotatable bonds is 8. The Morgan fingerprint density at radius 3 is 2.59 bits per heavy atom. The van der Waals surface area contributed by atoms with Crippen LogP contribution in [0, 0.1) is 11.8 Å². The van der Waals surface area contributed by atoms with Crippen LogP contribution in [-0.4, -0.2) is 18.0 Å². The second-order valence-electron chi connectivity index (χ2n) is 5.51. The average molecular weight is 330 g/mol. The van der Waals surface area contributed by atoms with Gasteiger partial charge in [0.1, 0.15) is 17.8 Å². The molecule has 116 valence electrons. The van der Waals surface area contributed by atoms with Gasteiger partial charge in [-0.25, -0.2) is 0 Å². The van der Waals surface area contributed by atoms with E-state index < -0.39 is 0 Å². The molecular formula is C17H23KO4. The quantitative estimate of drug-likeness (QED) is 0.410. The van der Waals surface area contributed by atoms with Gasteiger partial charge in [0.25, 0.3) is 0 Å². The Hall–Kier alpha value is -0.334. The minimum atomic E-state index is -0.346. The molecule has 0 unspecified atom stereocenters. The number of hydrogen-bond donors (Lipinski definition) is 1. The van der Waals surface area contributed by atoms with Crippen molar-refractivity contribution in [2.45, 2.75) is 33.6 Å². The number of aryl methyl sites for hydroxylation is 1. The molecule has 1 rings (SSSR count). The third-order valence-corrected chi connectivity index (χ3v) is 3.47. The molecule has 0 saturated heterocycles. The van der Waals surface area contributed by atoms with E-state index >= 15 is 0 Å². The average Bonchev–Trinajstić information content (AvgIpc) is 2.43. The summed E-state index contributed by atoms with van der Waals surface area (Å²) in [7, 11) is 0. The zero-order valence-corrected chi connectivity index (χ0v) is 17.0. The van der Waals surface area contributed by atoms with E-state index in [4.69, 9.17) is 4.74 Å². The van der Waals surface area contributed by atoms with Crippen LogP contribution in [0.2, 0.25) is 0 Å². The van der Waals surface area contributed by atoms with Crippen LogP contribution >= 0.6 is 0 Å². The van der Waals surface area contributed by atoms with Crippen molar-refractivity contribution in [3.63, 3.8) is 0 Å². The molecule has 0 radical (unpaired) electrons. The third-order valence-electron chi connectivity index (χ3n) is 3.47. The molecule has 0 bridgehead atoms. The second kappa shape index (κ2) is 10.4. The summed E-state index contributed by atoms with van der Waals surface area (Å²) >= 11 is 0. The molecule has 0 aliphatic carbocycles. The van der Waals surface area contributed by atoms with Gasteiger partial charge in [0.05, 0.1) is 12.5 Å². The number of phenols is 1. The first-order chi connectivity index (χ1) is 9.90. The van der Waals surface area contributed by atoms with Crippen molar-refractivity contribution in [3.05, 3.63) is 29.8 Å². The number of ether oxygens (including phenoxy) is 1. The van der Waals surface area contributed by atoms with Crippen molar-refractivity contribution < 1.29 is 71.1 Å². The summed E-state index contributed by atoms with van der Waals surface area (Å²) < 4.78 is 5.53. The number of aromatic hydroxyl groups is 1. The maximum Gasteiger partial charge on any atom is 1.00 e. The first-order valence-electron chi connectivity index (χ1n) is 7.20. The van der Waals surface area contributed by atoms with Crippen LogP contribution in [0.15, 0.2) is 18.7 Å². The van der Waals surface area contributed by atoms with E-state index in [2.05, 4.69) is 6.58 Å². The summed E-state index contributed by atoms with van der Waals surface area (Å²) in [6.45, 7) is 9.91. The Bertz CT molecular complexity index is 512. The van der Waals surface area contributed by atoms with Gasteiger partial charge < -0.3 is 19.7 Å². The van der Waals surface area contributed by atoms with Gasteiger partial charge in [-0.2, -0.15) is 0 Å². The minimum absolute atomic E-state index is 0. The third kappa shape index (κ3) is 6.05. The predicted octanol–water partition coefficient (Wildman–Crippen LogP) is -0.119. The topological polar surface area (TPSA) is 69.6 Å². The molecule has 4 nitrogen and oxygen atoms in total. The fourth-order valence-corrected chi connectivity index (χ4v) is 1.96. The van der Waals surface area contributed by atoms with Gasteiger partial charge in [-0.15, -0.1) is 0 Å². The number of aldehydes is 1. The summed E-state index contributed by atoms with van der Waals surface area (Å²) in [6, 6.07) is 3.05. The predicted molar refractivity (Wildman–Crippen MR) is 80.9 cm³/mol. The van der Waals surface area contributed by atoms with Gasteiger partial charge in [-0.05, 0) is 24.5 Å². The summed E-state index contributed by atoms with van der Waals surface area (Å²) in [4.78, 5) is 10.9. The van der Waals surface area contributed by atoms with Crippen LogP contribution in [0.3, 0.4) is 0 Å². The summed E-state index contributed by atoms with van der Waals surface area (Å²) in [5.74, 6) is -0.305. The standard InChI is InChI=1S/C17H24O4.K/c1-5-6-13-7-14(8-16(19)17(13)20)12(4)21-10-15(9-18)11(2)3;/h7-9,11,15,19-20H,4-6,10H2,1-3H3;/q;+1/p-1/t15-;/m0./s1. The molecule has 1 N–H and O–H groups in total. The van der Waals surface area contributed by atoms with Crippen molar-refractivity contribution >= 4 is 12.0 Å². The zero-order chi connectivity index (χ0) is 16.0. The van der Waals surface area contributed by atoms with Crippen LogP contribution < -0.4 is 56.5 Å². The molecule has 0 aliphatic rings. The largest absolute Gasteiger partial charge is 1.00 e. The van der Waals surface area contributed by atoms with Gasteiger partial charge in [-0.3, -0.25) is 0 Å². The van der Waals surface area contributed by atoms with E-state index in [9.17, 15) is 15.0 Å². The second-order valence-corrected chi connectivity index (χ2v) is 5.51. The maximum atomic E-state index is 11.8. The van der Waals surface area contributed by atoms with Gasteiger partial charge >= 0.3 is 51.4 Å². The van der Waals surface area contributed by atoms with Gasteiger partial charge in [-0.1, -0.05) is 45.1 Å². The SMILES string of the molecule is C=C(OC[C@H](C=O)C(C)C)c1cc(O)c([O-])c(CCC)c1.[K+]. The van der Waals surface area contributed by atoms with Crippen molar-refractivity contribution in [2.75, 3.05) is 6.61 Å². The van der Waals surface area contributed by atoms with Crippen molar-refractivity contribution in [1.29, 1.82) is 0 Å². The Kier molecular flexibility index (Phi) is 10.3. The first kappa shape index (κ1) is 21.7. The zero-order valence-electron chi connectivity index (χ0n) is 13.9. The van der Waals surface area contributed by atoms with Gasteiger partial charge in [0.2, 0.25) is 0 Å². The number of phenolic OH excluding ortho intramolecular Hbond substituents is 1. The fraction of sp³-hybridized carbons (Fsp3) is 0.471. The van der Waals surface area contributed by atoms with Gasteiger partial charge in [0, 0.05) is 5.56 Å². The number of hydrogen-bond acceptors (Lipinski definition) is 4. The van der Waals surface area contributed by atoms with E-state index in [1.54, 1.807) is 6.07 Å². The van der Waals surface area contributed by atoms with E-state index in [0.29, 0.717) is 23.3 Å². The minimum Gasteiger partial charge on any atom is -0.870 e. The normalized spacial score (nSPS) is 11.6. The number of carbonyl (C=O) groups excluding carboxylic acids is 1. The van der Waals surface area contributed by atoms with E-state index in [0.717, 1.165) is 12.7 Å². The van der Waals surface area contributed by atoms with Crippen LogP contribution in [0.5, 0.6) is 11.5 Å². The van der Waals surface area contributed by atoms with E-state index in [1.165, 1.54) is 6.07 Å². The van der Waals surface area contributed by atoms with Crippen LogP contribution in [-0.2, 0) is 16.0 Å². The summed E-state index contributed by atoms with van der Waals surface area (Å²) in [6.07, 6.45) is 2.28.